The van der Waals surface area contributed by atoms with Crippen molar-refractivity contribution in [3.63, 3.8) is 0 Å². The first-order valence-corrected chi connectivity index (χ1v) is 9.06. The maximum absolute atomic E-state index is 12.8. The molecule has 1 amide bonds. The highest BCUT2D eigenvalue weighted by molar-refractivity contribution is 7.91. The minimum atomic E-state index is -1.48. The van der Waals surface area contributed by atoms with Gasteiger partial charge < -0.3 is 10.4 Å². The summed E-state index contributed by atoms with van der Waals surface area (Å²) < 4.78 is 11.6. The first-order valence-electron chi connectivity index (χ1n) is 7.38. The van der Waals surface area contributed by atoms with Gasteiger partial charge in [0.25, 0.3) is 0 Å². The Kier molecular flexibility index (Phi) is 4.01. The molecule has 2 aliphatic heterocycles. The molecule has 6 heteroatoms. The predicted octanol–water partition coefficient (Wildman–Crippen LogP) is 1.61. The Balaban J connectivity index is 1.96. The highest BCUT2D eigenvalue weighted by atomic mass is 35.5. The topological polar surface area (TPSA) is 66.4 Å². The van der Waals surface area contributed by atoms with Gasteiger partial charge in [0.15, 0.2) is 4.75 Å². The van der Waals surface area contributed by atoms with Gasteiger partial charge in [-0.2, -0.15) is 0 Å². The van der Waals surface area contributed by atoms with Crippen molar-refractivity contribution in [2.24, 2.45) is 5.92 Å². The molecule has 1 saturated heterocycles. The maximum Gasteiger partial charge on any atom is 0.244 e. The quantitative estimate of drug-likeness (QED) is 0.468. The Hall–Kier alpha value is -0.650. The molecule has 5 atom stereocenters. The Morgan fingerprint density at radius 1 is 1.62 bits per heavy atom. The molecule has 1 fully saturated rings. The van der Waals surface area contributed by atoms with Crippen LogP contribution in [-0.2, 0) is 15.6 Å². The van der Waals surface area contributed by atoms with E-state index in [0.29, 0.717) is 17.2 Å². The number of rotatable bonds is 4. The number of allylic oxidation sites excluding steroid dienone is 2. The van der Waals surface area contributed by atoms with Crippen LogP contribution in [0.3, 0.4) is 0 Å². The summed E-state index contributed by atoms with van der Waals surface area (Å²) in [6.07, 6.45) is 6.53. The van der Waals surface area contributed by atoms with Crippen LogP contribution in [-0.4, -0.2) is 38.0 Å². The van der Waals surface area contributed by atoms with Crippen molar-refractivity contribution in [1.29, 1.82) is 0 Å². The highest BCUT2D eigenvalue weighted by Crippen LogP contribution is 2.49. The fraction of sp³-hybridized carbons (Fsp3) is 0.667. The average molecular weight is 330 g/mol. The predicted molar refractivity (Wildman–Crippen MR) is 83.3 cm³/mol. The summed E-state index contributed by atoms with van der Waals surface area (Å²) in [4.78, 5) is 13.0. The van der Waals surface area contributed by atoms with Gasteiger partial charge in [0, 0.05) is 16.7 Å². The third kappa shape index (κ3) is 1.97. The van der Waals surface area contributed by atoms with E-state index < -0.39 is 21.7 Å². The number of carbonyl (C=O) groups is 1. The number of nitrogens with one attached hydrogen (secondary N) is 1. The number of alkyl halides is 1. The summed E-state index contributed by atoms with van der Waals surface area (Å²) in [5.74, 6) is 0.0341. The first-order chi connectivity index (χ1) is 10.0. The fourth-order valence-corrected chi connectivity index (χ4v) is 5.98. The zero-order valence-electron chi connectivity index (χ0n) is 12.0. The van der Waals surface area contributed by atoms with E-state index in [4.69, 9.17) is 11.6 Å². The Morgan fingerprint density at radius 2 is 2.38 bits per heavy atom. The highest BCUT2D eigenvalue weighted by Gasteiger charge is 2.69. The lowest BCUT2D eigenvalue weighted by Crippen LogP contribution is -2.78. The molecular formula is C15H20ClNO3S. The van der Waals surface area contributed by atoms with Gasteiger partial charge in [-0.3, -0.25) is 9.00 Å². The monoisotopic (exact) mass is 329 g/mol. The van der Waals surface area contributed by atoms with Crippen LogP contribution in [0, 0.1) is 5.92 Å². The molecule has 0 saturated carbocycles. The van der Waals surface area contributed by atoms with Crippen LogP contribution in [0.5, 0.6) is 0 Å². The number of halogens is 1. The smallest absolute Gasteiger partial charge is 0.244 e. The lowest BCUT2D eigenvalue weighted by Gasteiger charge is -2.48. The lowest BCUT2D eigenvalue weighted by molar-refractivity contribution is -0.137. The van der Waals surface area contributed by atoms with Gasteiger partial charge in [0.1, 0.15) is 0 Å². The molecule has 2 N–H and O–H groups in total. The first kappa shape index (κ1) is 15.3. The van der Waals surface area contributed by atoms with E-state index in [1.165, 1.54) is 0 Å². The molecule has 116 valence electrons. The minimum absolute atomic E-state index is 0.0978. The normalized spacial score (nSPS) is 39.8. The molecule has 3 aliphatic rings. The molecule has 1 unspecified atom stereocenters. The number of hydrogen-bond acceptors (Lipinski definition) is 3. The summed E-state index contributed by atoms with van der Waals surface area (Å²) in [6.45, 7) is 1.79. The Bertz CT molecular complexity index is 559. The number of amides is 1. The number of fused-ring (bicyclic) bond motifs is 1. The van der Waals surface area contributed by atoms with E-state index in [2.05, 4.69) is 5.32 Å². The van der Waals surface area contributed by atoms with E-state index in [1.807, 2.05) is 12.2 Å². The second kappa shape index (κ2) is 5.52. The molecule has 2 heterocycles. The molecule has 3 rings (SSSR count). The van der Waals surface area contributed by atoms with Crippen LogP contribution in [0.2, 0.25) is 0 Å². The van der Waals surface area contributed by atoms with Gasteiger partial charge in [0.05, 0.1) is 22.9 Å². The third-order valence-corrected chi connectivity index (χ3v) is 7.23. The molecular weight excluding hydrogens is 310 g/mol. The number of β-lactam (4-membered cyclic amide) rings is 1. The SMILES string of the molecule is CC1=C(CCCl)[C@@H]2NC(=O)[C@]2([C@@H](O)[C@@H]2C=CCCC2)S1=O. The van der Waals surface area contributed by atoms with Crippen molar-refractivity contribution in [3.05, 3.63) is 22.6 Å². The molecule has 0 aromatic rings. The van der Waals surface area contributed by atoms with Gasteiger partial charge >= 0.3 is 0 Å². The van der Waals surface area contributed by atoms with Gasteiger partial charge in [-0.15, -0.1) is 11.6 Å². The van der Waals surface area contributed by atoms with Crippen molar-refractivity contribution < 1.29 is 14.1 Å². The molecule has 0 spiro atoms. The van der Waals surface area contributed by atoms with Crippen molar-refractivity contribution >= 4 is 28.3 Å². The van der Waals surface area contributed by atoms with Crippen molar-refractivity contribution in [2.45, 2.75) is 49.5 Å². The standard InChI is InChI=1S/C15H20ClNO3S/c1-9-11(7-8-16)12-15(21(9)20,14(19)17-12)13(18)10-5-3-2-4-6-10/h3,5,10,12-13,18H,2,4,6-8H2,1H3,(H,17,19)/t10-,12+,13+,15+,21?/m1/s1. The number of hydrogen-bond donors (Lipinski definition) is 2. The largest absolute Gasteiger partial charge is 0.390 e. The number of aliphatic hydroxyl groups excluding tert-OH is 1. The van der Waals surface area contributed by atoms with Gasteiger partial charge in [-0.25, -0.2) is 0 Å². The molecule has 0 radical (unpaired) electrons. The van der Waals surface area contributed by atoms with E-state index in [-0.39, 0.29) is 17.9 Å². The van der Waals surface area contributed by atoms with Crippen LogP contribution in [0.25, 0.3) is 0 Å². The molecule has 0 aromatic carbocycles. The summed E-state index contributed by atoms with van der Waals surface area (Å²) in [7, 11) is -1.48. The average Bonchev–Trinajstić information content (AvgIpc) is 2.66. The van der Waals surface area contributed by atoms with Crippen LogP contribution in [0.4, 0.5) is 0 Å². The summed E-state index contributed by atoms with van der Waals surface area (Å²) in [6, 6.07) is -0.324. The summed E-state index contributed by atoms with van der Waals surface area (Å²) >= 11 is 5.82. The molecule has 0 aromatic heterocycles. The van der Waals surface area contributed by atoms with Crippen molar-refractivity contribution in [1.82, 2.24) is 5.32 Å². The van der Waals surface area contributed by atoms with E-state index in [1.54, 1.807) is 6.92 Å². The Labute approximate surface area is 132 Å². The third-order valence-electron chi connectivity index (χ3n) is 4.95. The molecule has 4 nitrogen and oxygen atoms in total. The second-order valence-electron chi connectivity index (χ2n) is 5.96. The molecule has 1 aliphatic carbocycles. The summed E-state index contributed by atoms with van der Waals surface area (Å²) in [5.41, 5.74) is 0.932. The fourth-order valence-electron chi connectivity index (χ4n) is 3.77. The minimum Gasteiger partial charge on any atom is -0.390 e. The lowest BCUT2D eigenvalue weighted by atomic mass is 9.73. The van der Waals surface area contributed by atoms with Crippen LogP contribution >= 0.6 is 11.6 Å². The van der Waals surface area contributed by atoms with E-state index in [0.717, 1.165) is 24.8 Å². The molecule has 0 bridgehead atoms. The van der Waals surface area contributed by atoms with E-state index in [9.17, 15) is 14.1 Å². The second-order valence-corrected chi connectivity index (χ2v) is 8.16. The van der Waals surface area contributed by atoms with Crippen LogP contribution in [0.15, 0.2) is 22.6 Å². The zero-order chi connectivity index (χ0) is 15.2. The number of aliphatic hydroxyl groups is 1. The van der Waals surface area contributed by atoms with E-state index >= 15 is 0 Å². The summed E-state index contributed by atoms with van der Waals surface area (Å²) in [5, 5.41) is 13.7. The zero-order valence-corrected chi connectivity index (χ0v) is 13.5. The van der Waals surface area contributed by atoms with Gasteiger partial charge in [-0.05, 0) is 38.2 Å². The van der Waals surface area contributed by atoms with Gasteiger partial charge in [0.2, 0.25) is 5.91 Å². The van der Waals surface area contributed by atoms with Gasteiger partial charge in [-0.1, -0.05) is 12.2 Å². The Morgan fingerprint density at radius 3 is 2.95 bits per heavy atom. The van der Waals surface area contributed by atoms with Crippen LogP contribution in [0.1, 0.15) is 32.6 Å². The number of carbonyl (C=O) groups excluding carboxylic acids is 1. The van der Waals surface area contributed by atoms with Crippen molar-refractivity contribution in [3.8, 4) is 0 Å². The van der Waals surface area contributed by atoms with Crippen molar-refractivity contribution in [2.75, 3.05) is 5.88 Å². The maximum atomic E-state index is 12.8. The molecule has 21 heavy (non-hydrogen) atoms. The van der Waals surface area contributed by atoms with Crippen LogP contribution < -0.4 is 5.32 Å².